The largest absolute Gasteiger partial charge is 0.439 e. The summed E-state index contributed by atoms with van der Waals surface area (Å²) in [5, 5.41) is 1.62. The van der Waals surface area contributed by atoms with Gasteiger partial charge in [0.25, 0.3) is 0 Å². The van der Waals surface area contributed by atoms with Gasteiger partial charge in [-0.25, -0.2) is 9.97 Å². The lowest BCUT2D eigenvalue weighted by Gasteiger charge is -2.11. The Hall–Kier alpha value is -2.85. The molecule has 2 aromatic carbocycles. The van der Waals surface area contributed by atoms with Crippen LogP contribution in [0.3, 0.4) is 0 Å². The van der Waals surface area contributed by atoms with E-state index in [0.717, 1.165) is 22.3 Å². The number of nitrogens with zero attached hydrogens (tertiary/aromatic N) is 3. The van der Waals surface area contributed by atoms with Gasteiger partial charge in [0.05, 0.1) is 17.5 Å². The Morgan fingerprint density at radius 2 is 1.87 bits per heavy atom. The number of hydrogen-bond donors (Lipinski definition) is 0. The summed E-state index contributed by atoms with van der Waals surface area (Å²) in [6.07, 6.45) is 5.37. The summed E-state index contributed by atoms with van der Waals surface area (Å²) >= 11 is 6.11. The van der Waals surface area contributed by atoms with E-state index in [0.29, 0.717) is 10.9 Å². The van der Waals surface area contributed by atoms with Crippen LogP contribution in [0.4, 0.5) is 0 Å². The van der Waals surface area contributed by atoms with Crippen LogP contribution in [-0.4, -0.2) is 14.5 Å². The molecule has 0 fully saturated rings. The highest BCUT2D eigenvalue weighted by atomic mass is 35.5. The Morgan fingerprint density at radius 1 is 1.00 bits per heavy atom. The van der Waals surface area contributed by atoms with E-state index >= 15 is 0 Å². The summed E-state index contributed by atoms with van der Waals surface area (Å²) in [4.78, 5) is 8.67. The molecule has 0 saturated carbocycles. The van der Waals surface area contributed by atoms with Crippen LogP contribution in [-0.2, 0) is 0 Å². The standard InChI is InChI=1S/C18H12ClN3O/c19-13-6-7-15-16(10-13)21-18(23-14-4-2-1-3-5-14)11-17(15)22-9-8-20-12-22/h1-12H. The first-order valence-electron chi connectivity index (χ1n) is 7.11. The Kier molecular flexibility index (Phi) is 3.44. The Bertz CT molecular complexity index is 953. The highest BCUT2D eigenvalue weighted by molar-refractivity contribution is 6.31. The Morgan fingerprint density at radius 3 is 2.65 bits per heavy atom. The monoisotopic (exact) mass is 321 g/mol. The first kappa shape index (κ1) is 13.8. The number of ether oxygens (including phenoxy) is 1. The van der Waals surface area contributed by atoms with Crippen LogP contribution in [0.25, 0.3) is 16.6 Å². The van der Waals surface area contributed by atoms with Crippen molar-refractivity contribution in [3.8, 4) is 17.3 Å². The molecule has 4 rings (SSSR count). The number of halogens is 1. The molecule has 0 N–H and O–H groups in total. The first-order chi connectivity index (χ1) is 11.3. The van der Waals surface area contributed by atoms with E-state index in [9.17, 15) is 0 Å². The smallest absolute Gasteiger partial charge is 0.221 e. The van der Waals surface area contributed by atoms with Crippen molar-refractivity contribution in [1.82, 2.24) is 14.5 Å². The molecule has 4 aromatic rings. The zero-order valence-corrected chi connectivity index (χ0v) is 12.8. The van der Waals surface area contributed by atoms with E-state index in [-0.39, 0.29) is 0 Å². The maximum Gasteiger partial charge on any atom is 0.221 e. The number of rotatable bonds is 3. The molecular weight excluding hydrogens is 310 g/mol. The zero-order valence-electron chi connectivity index (χ0n) is 12.1. The third kappa shape index (κ3) is 2.76. The predicted octanol–water partition coefficient (Wildman–Crippen LogP) is 4.87. The molecular formula is C18H12ClN3O. The molecule has 0 atom stereocenters. The van der Waals surface area contributed by atoms with Gasteiger partial charge in [0.15, 0.2) is 0 Å². The number of hydrogen-bond acceptors (Lipinski definition) is 3. The van der Waals surface area contributed by atoms with Crippen molar-refractivity contribution >= 4 is 22.5 Å². The lowest BCUT2D eigenvalue weighted by atomic mass is 10.2. The average Bonchev–Trinajstić information content (AvgIpc) is 3.09. The topological polar surface area (TPSA) is 39.9 Å². The van der Waals surface area contributed by atoms with Crippen molar-refractivity contribution in [3.63, 3.8) is 0 Å². The van der Waals surface area contributed by atoms with Gasteiger partial charge in [0.1, 0.15) is 5.75 Å². The van der Waals surface area contributed by atoms with E-state index in [1.165, 1.54) is 0 Å². The summed E-state index contributed by atoms with van der Waals surface area (Å²) in [5.74, 6) is 1.24. The molecule has 0 amide bonds. The van der Waals surface area contributed by atoms with Crippen LogP contribution >= 0.6 is 11.6 Å². The maximum atomic E-state index is 6.11. The summed E-state index contributed by atoms with van der Waals surface area (Å²) in [6.45, 7) is 0. The molecule has 2 aromatic heterocycles. The van der Waals surface area contributed by atoms with Gasteiger partial charge < -0.3 is 9.30 Å². The average molecular weight is 322 g/mol. The molecule has 0 spiro atoms. The fourth-order valence-electron chi connectivity index (χ4n) is 2.44. The third-order valence-corrected chi connectivity index (χ3v) is 3.71. The van der Waals surface area contributed by atoms with Gasteiger partial charge >= 0.3 is 0 Å². The molecule has 4 nitrogen and oxygen atoms in total. The SMILES string of the molecule is Clc1ccc2c(-n3ccnc3)cc(Oc3ccccc3)nc2c1. The van der Waals surface area contributed by atoms with Gasteiger partial charge in [-0.3, -0.25) is 0 Å². The van der Waals surface area contributed by atoms with Crippen molar-refractivity contribution in [1.29, 1.82) is 0 Å². The van der Waals surface area contributed by atoms with Crippen LogP contribution in [0.1, 0.15) is 0 Å². The fraction of sp³-hybridized carbons (Fsp3) is 0. The Labute approximate surface area is 138 Å². The first-order valence-corrected chi connectivity index (χ1v) is 7.49. The normalized spacial score (nSPS) is 10.8. The van der Waals surface area contributed by atoms with Gasteiger partial charge in [-0.05, 0) is 30.3 Å². The third-order valence-electron chi connectivity index (χ3n) is 3.47. The molecule has 0 unspecified atom stereocenters. The van der Waals surface area contributed by atoms with Crippen molar-refractivity contribution in [2.45, 2.75) is 0 Å². The lowest BCUT2D eigenvalue weighted by Crippen LogP contribution is -1.96. The molecule has 23 heavy (non-hydrogen) atoms. The van der Waals surface area contributed by atoms with Gasteiger partial charge in [0, 0.05) is 28.9 Å². The van der Waals surface area contributed by atoms with E-state index in [2.05, 4.69) is 9.97 Å². The molecule has 2 heterocycles. The van der Waals surface area contributed by atoms with Gasteiger partial charge in [0.2, 0.25) is 5.88 Å². The van der Waals surface area contributed by atoms with E-state index in [1.54, 1.807) is 12.5 Å². The minimum absolute atomic E-state index is 0.509. The van der Waals surface area contributed by atoms with Crippen molar-refractivity contribution in [2.24, 2.45) is 0 Å². The number of fused-ring (bicyclic) bond motifs is 1. The summed E-state index contributed by atoms with van der Waals surface area (Å²) < 4.78 is 7.80. The second-order valence-electron chi connectivity index (χ2n) is 5.03. The quantitative estimate of drug-likeness (QED) is 0.540. The number of imidazole rings is 1. The molecule has 112 valence electrons. The molecule has 0 aliphatic heterocycles. The van der Waals surface area contributed by atoms with Crippen LogP contribution < -0.4 is 4.74 Å². The van der Waals surface area contributed by atoms with Crippen LogP contribution in [0.5, 0.6) is 11.6 Å². The predicted molar refractivity (Wildman–Crippen MR) is 90.4 cm³/mol. The number of para-hydroxylation sites is 1. The minimum Gasteiger partial charge on any atom is -0.439 e. The number of benzene rings is 2. The summed E-state index contributed by atoms with van der Waals surface area (Å²) in [5.41, 5.74) is 1.71. The summed E-state index contributed by atoms with van der Waals surface area (Å²) in [7, 11) is 0. The van der Waals surface area contributed by atoms with Crippen LogP contribution in [0, 0.1) is 0 Å². The second-order valence-corrected chi connectivity index (χ2v) is 5.46. The molecule has 0 saturated heterocycles. The number of aromatic nitrogens is 3. The van der Waals surface area contributed by atoms with Crippen molar-refractivity contribution < 1.29 is 4.74 Å². The van der Waals surface area contributed by atoms with E-state index in [4.69, 9.17) is 16.3 Å². The highest BCUT2D eigenvalue weighted by Crippen LogP contribution is 2.29. The fourth-order valence-corrected chi connectivity index (χ4v) is 2.60. The van der Waals surface area contributed by atoms with Crippen molar-refractivity contribution in [3.05, 3.63) is 78.3 Å². The molecule has 0 radical (unpaired) electrons. The van der Waals surface area contributed by atoms with Crippen molar-refractivity contribution in [2.75, 3.05) is 0 Å². The van der Waals surface area contributed by atoms with Crippen LogP contribution in [0.2, 0.25) is 5.02 Å². The molecule has 5 heteroatoms. The second kappa shape index (κ2) is 5.74. The molecule has 0 bridgehead atoms. The van der Waals surface area contributed by atoms with E-state index in [1.807, 2.05) is 65.4 Å². The molecule has 0 aliphatic rings. The highest BCUT2D eigenvalue weighted by Gasteiger charge is 2.09. The number of pyridine rings is 1. The van der Waals surface area contributed by atoms with E-state index < -0.39 is 0 Å². The zero-order chi connectivity index (χ0) is 15.6. The molecule has 0 aliphatic carbocycles. The Balaban J connectivity index is 1.89. The lowest BCUT2D eigenvalue weighted by molar-refractivity contribution is 0.465. The van der Waals surface area contributed by atoms with Crippen LogP contribution in [0.15, 0.2) is 73.3 Å². The maximum absolute atomic E-state index is 6.11. The van der Waals surface area contributed by atoms with Gasteiger partial charge in [-0.2, -0.15) is 0 Å². The van der Waals surface area contributed by atoms with Gasteiger partial charge in [-0.15, -0.1) is 0 Å². The minimum atomic E-state index is 0.509. The summed E-state index contributed by atoms with van der Waals surface area (Å²) in [6, 6.07) is 17.1. The van der Waals surface area contributed by atoms with Gasteiger partial charge in [-0.1, -0.05) is 29.8 Å².